The van der Waals surface area contributed by atoms with E-state index in [1.807, 2.05) is 0 Å². The summed E-state index contributed by atoms with van der Waals surface area (Å²) in [6, 6.07) is 5.37. The molecule has 0 aliphatic carbocycles. The predicted molar refractivity (Wildman–Crippen MR) is 75.3 cm³/mol. The summed E-state index contributed by atoms with van der Waals surface area (Å²) in [5.41, 5.74) is 0.290. The van der Waals surface area contributed by atoms with E-state index in [1.165, 1.54) is 36.7 Å². The molecule has 0 aliphatic heterocycles. The molecule has 6 nitrogen and oxygen atoms in total. The van der Waals surface area contributed by atoms with E-state index in [4.69, 9.17) is 23.2 Å². The van der Waals surface area contributed by atoms with E-state index in [-0.39, 0.29) is 21.3 Å². The molecule has 1 amide bonds. The summed E-state index contributed by atoms with van der Waals surface area (Å²) in [5, 5.41) is 13.4. The third-order valence-corrected chi connectivity index (χ3v) is 3.05. The van der Waals surface area contributed by atoms with Crippen LogP contribution in [0.5, 0.6) is 0 Å². The van der Waals surface area contributed by atoms with Gasteiger partial charge in [0.1, 0.15) is 5.02 Å². The molecule has 0 radical (unpaired) electrons. The highest BCUT2D eigenvalue weighted by atomic mass is 35.5. The van der Waals surface area contributed by atoms with Crippen molar-refractivity contribution < 1.29 is 9.72 Å². The van der Waals surface area contributed by atoms with Crippen molar-refractivity contribution in [2.45, 2.75) is 0 Å². The first-order chi connectivity index (χ1) is 9.49. The first kappa shape index (κ1) is 14.2. The summed E-state index contributed by atoms with van der Waals surface area (Å²) in [5.74, 6) is -0.479. The fraction of sp³-hybridized carbons (Fsp3) is 0. The van der Waals surface area contributed by atoms with Gasteiger partial charge in [-0.05, 0) is 18.2 Å². The Labute approximate surface area is 123 Å². The topological polar surface area (TPSA) is 85.1 Å². The van der Waals surface area contributed by atoms with Crippen LogP contribution in [0.15, 0.2) is 36.7 Å². The Bertz CT molecular complexity index is 691. The number of aromatic nitrogens is 1. The zero-order chi connectivity index (χ0) is 14.7. The number of pyridine rings is 1. The lowest BCUT2D eigenvalue weighted by Gasteiger charge is -2.06. The maximum Gasteiger partial charge on any atom is 0.288 e. The summed E-state index contributed by atoms with van der Waals surface area (Å²) in [7, 11) is 0. The van der Waals surface area contributed by atoms with E-state index >= 15 is 0 Å². The number of amides is 1. The molecule has 8 heteroatoms. The largest absolute Gasteiger partial charge is 0.322 e. The van der Waals surface area contributed by atoms with Crippen LogP contribution in [0.25, 0.3) is 0 Å². The Morgan fingerprint density at radius 1 is 1.25 bits per heavy atom. The molecule has 0 unspecified atom stereocenters. The molecule has 0 fully saturated rings. The van der Waals surface area contributed by atoms with Crippen LogP contribution in [0.2, 0.25) is 10.0 Å². The van der Waals surface area contributed by atoms with Gasteiger partial charge in [0, 0.05) is 24.1 Å². The Morgan fingerprint density at radius 3 is 2.60 bits per heavy atom. The molecule has 0 bridgehead atoms. The number of hydrogen-bond acceptors (Lipinski definition) is 4. The van der Waals surface area contributed by atoms with Crippen molar-refractivity contribution in [2.24, 2.45) is 0 Å². The number of rotatable bonds is 3. The molecule has 2 aromatic rings. The molecular formula is C12H7Cl2N3O3. The van der Waals surface area contributed by atoms with Crippen LogP contribution in [0.3, 0.4) is 0 Å². The lowest BCUT2D eigenvalue weighted by molar-refractivity contribution is -0.384. The number of nitrogens with one attached hydrogen (secondary N) is 1. The Kier molecular flexibility index (Phi) is 4.16. The van der Waals surface area contributed by atoms with Crippen molar-refractivity contribution in [1.82, 2.24) is 4.98 Å². The second-order valence-electron chi connectivity index (χ2n) is 3.73. The van der Waals surface area contributed by atoms with Gasteiger partial charge in [-0.1, -0.05) is 23.2 Å². The summed E-state index contributed by atoms with van der Waals surface area (Å²) >= 11 is 11.6. The average Bonchev–Trinajstić information content (AvgIpc) is 2.38. The van der Waals surface area contributed by atoms with Gasteiger partial charge in [-0.25, -0.2) is 0 Å². The lowest BCUT2D eigenvalue weighted by Crippen LogP contribution is -2.12. The van der Waals surface area contributed by atoms with Crippen molar-refractivity contribution in [3.8, 4) is 0 Å². The standard InChI is InChI=1S/C12H7Cl2N3O3/c13-9-3-4-15-6-8(9)12(18)16-7-1-2-11(17(19)20)10(14)5-7/h1-6H,(H,16,18). The van der Waals surface area contributed by atoms with Crippen LogP contribution in [0.1, 0.15) is 10.4 Å². The minimum Gasteiger partial charge on any atom is -0.322 e. The first-order valence-corrected chi connectivity index (χ1v) is 6.09. The number of nitro groups is 1. The summed E-state index contributed by atoms with van der Waals surface area (Å²) in [6.45, 7) is 0. The molecule has 102 valence electrons. The fourth-order valence-electron chi connectivity index (χ4n) is 1.48. The summed E-state index contributed by atoms with van der Waals surface area (Å²) in [6.07, 6.45) is 2.78. The first-order valence-electron chi connectivity index (χ1n) is 5.34. The Balaban J connectivity index is 2.23. The number of carbonyl (C=O) groups excluding carboxylic acids is 1. The molecule has 1 N–H and O–H groups in total. The molecule has 1 aromatic heterocycles. The Morgan fingerprint density at radius 2 is 2.00 bits per heavy atom. The average molecular weight is 312 g/mol. The molecular weight excluding hydrogens is 305 g/mol. The van der Waals surface area contributed by atoms with Crippen molar-refractivity contribution in [3.05, 3.63) is 62.4 Å². The number of anilines is 1. The number of benzene rings is 1. The second-order valence-corrected chi connectivity index (χ2v) is 4.55. The van der Waals surface area contributed by atoms with Crippen molar-refractivity contribution in [3.63, 3.8) is 0 Å². The van der Waals surface area contributed by atoms with Gasteiger partial charge in [0.05, 0.1) is 15.5 Å². The van der Waals surface area contributed by atoms with Gasteiger partial charge >= 0.3 is 0 Å². The number of carbonyl (C=O) groups is 1. The third kappa shape index (κ3) is 3.04. The van der Waals surface area contributed by atoms with E-state index in [1.54, 1.807) is 0 Å². The van der Waals surface area contributed by atoms with Crippen LogP contribution in [-0.4, -0.2) is 15.8 Å². The van der Waals surface area contributed by atoms with Crippen LogP contribution in [0, 0.1) is 10.1 Å². The molecule has 1 heterocycles. The zero-order valence-corrected chi connectivity index (χ0v) is 11.4. The second kappa shape index (κ2) is 5.85. The summed E-state index contributed by atoms with van der Waals surface area (Å²) in [4.78, 5) is 25.8. The molecule has 1 aromatic carbocycles. The van der Waals surface area contributed by atoms with Crippen LogP contribution >= 0.6 is 23.2 Å². The Hall–Kier alpha value is -2.18. The normalized spacial score (nSPS) is 10.1. The monoisotopic (exact) mass is 311 g/mol. The SMILES string of the molecule is O=C(Nc1ccc([N+](=O)[O-])c(Cl)c1)c1cnccc1Cl. The van der Waals surface area contributed by atoms with Crippen LogP contribution < -0.4 is 5.32 Å². The minimum absolute atomic E-state index is 0.0647. The molecule has 0 atom stereocenters. The van der Waals surface area contributed by atoms with E-state index in [9.17, 15) is 14.9 Å². The van der Waals surface area contributed by atoms with Gasteiger partial charge in [-0.3, -0.25) is 19.9 Å². The summed E-state index contributed by atoms with van der Waals surface area (Å²) < 4.78 is 0. The number of nitro benzene ring substituents is 1. The number of hydrogen-bond donors (Lipinski definition) is 1. The molecule has 0 aliphatic rings. The maximum atomic E-state index is 12.0. The van der Waals surface area contributed by atoms with Gasteiger partial charge in [0.15, 0.2) is 0 Å². The van der Waals surface area contributed by atoms with Crippen molar-refractivity contribution in [2.75, 3.05) is 5.32 Å². The highest BCUT2D eigenvalue weighted by molar-refractivity contribution is 6.34. The molecule has 20 heavy (non-hydrogen) atoms. The molecule has 0 spiro atoms. The molecule has 2 rings (SSSR count). The van der Waals surface area contributed by atoms with Crippen molar-refractivity contribution >= 4 is 40.5 Å². The van der Waals surface area contributed by atoms with Gasteiger partial charge in [-0.15, -0.1) is 0 Å². The van der Waals surface area contributed by atoms with Crippen LogP contribution in [-0.2, 0) is 0 Å². The van der Waals surface area contributed by atoms with E-state index in [0.717, 1.165) is 0 Å². The predicted octanol–water partition coefficient (Wildman–Crippen LogP) is 3.55. The third-order valence-electron chi connectivity index (χ3n) is 2.41. The van der Waals surface area contributed by atoms with Gasteiger partial charge in [0.2, 0.25) is 0 Å². The highest BCUT2D eigenvalue weighted by Gasteiger charge is 2.15. The highest BCUT2D eigenvalue weighted by Crippen LogP contribution is 2.27. The van der Waals surface area contributed by atoms with Gasteiger partial charge < -0.3 is 5.32 Å². The minimum atomic E-state index is -0.605. The smallest absolute Gasteiger partial charge is 0.288 e. The quantitative estimate of drug-likeness (QED) is 0.693. The lowest BCUT2D eigenvalue weighted by atomic mass is 10.2. The van der Waals surface area contributed by atoms with Gasteiger partial charge in [0.25, 0.3) is 11.6 Å². The van der Waals surface area contributed by atoms with E-state index in [2.05, 4.69) is 10.3 Å². The number of nitrogens with zero attached hydrogens (tertiary/aromatic N) is 2. The maximum absolute atomic E-state index is 12.0. The fourth-order valence-corrected chi connectivity index (χ4v) is 1.92. The van der Waals surface area contributed by atoms with E-state index < -0.39 is 10.8 Å². The van der Waals surface area contributed by atoms with Crippen LogP contribution in [0.4, 0.5) is 11.4 Å². The van der Waals surface area contributed by atoms with Crippen molar-refractivity contribution in [1.29, 1.82) is 0 Å². The molecule has 0 saturated heterocycles. The van der Waals surface area contributed by atoms with E-state index in [0.29, 0.717) is 5.69 Å². The molecule has 0 saturated carbocycles. The number of halogens is 2. The zero-order valence-electron chi connectivity index (χ0n) is 9.84. The van der Waals surface area contributed by atoms with Gasteiger partial charge in [-0.2, -0.15) is 0 Å².